The summed E-state index contributed by atoms with van der Waals surface area (Å²) in [5.41, 5.74) is 0. The van der Waals surface area contributed by atoms with Crippen molar-refractivity contribution in [3.8, 4) is 0 Å². The fourth-order valence-corrected chi connectivity index (χ4v) is 2.50. The van der Waals surface area contributed by atoms with Gasteiger partial charge in [-0.25, -0.2) is 0 Å². The second kappa shape index (κ2) is 8.51. The topological polar surface area (TPSA) is 38.3 Å². The van der Waals surface area contributed by atoms with E-state index >= 15 is 0 Å². The van der Waals surface area contributed by atoms with Crippen LogP contribution in [0.4, 0.5) is 0 Å². The zero-order chi connectivity index (χ0) is 12.5. The van der Waals surface area contributed by atoms with Crippen LogP contribution in [0.5, 0.6) is 0 Å². The molecule has 0 spiro atoms. The van der Waals surface area contributed by atoms with Crippen molar-refractivity contribution in [1.29, 1.82) is 0 Å². The molecule has 3 heteroatoms. The lowest BCUT2D eigenvalue weighted by Crippen LogP contribution is -2.31. The van der Waals surface area contributed by atoms with Gasteiger partial charge in [0.25, 0.3) is 0 Å². The van der Waals surface area contributed by atoms with Crippen LogP contribution in [0.2, 0.25) is 0 Å². The number of unbranched alkanes of at least 4 members (excludes halogenated alkanes) is 1. The largest absolute Gasteiger partial charge is 0.465 e. The highest BCUT2D eigenvalue weighted by atomic mass is 16.5. The van der Waals surface area contributed by atoms with Gasteiger partial charge >= 0.3 is 5.97 Å². The summed E-state index contributed by atoms with van der Waals surface area (Å²) in [5, 5.41) is 3.23. The van der Waals surface area contributed by atoms with Gasteiger partial charge in [0, 0.05) is 0 Å². The number of rotatable bonds is 7. The summed E-state index contributed by atoms with van der Waals surface area (Å²) in [7, 11) is 0. The summed E-state index contributed by atoms with van der Waals surface area (Å²) in [5.74, 6) is 1.50. The third-order valence-electron chi connectivity index (χ3n) is 3.51. The fourth-order valence-electron chi connectivity index (χ4n) is 2.50. The van der Waals surface area contributed by atoms with Gasteiger partial charge < -0.3 is 10.1 Å². The van der Waals surface area contributed by atoms with Gasteiger partial charge in [-0.3, -0.25) is 4.79 Å². The SMILES string of the molecule is CCCCOC(=O)CNCC1CCCC(C)C1. The molecular weight excluding hydrogens is 214 g/mol. The van der Waals surface area contributed by atoms with Gasteiger partial charge in [-0.05, 0) is 37.6 Å². The van der Waals surface area contributed by atoms with E-state index in [0.29, 0.717) is 13.2 Å². The van der Waals surface area contributed by atoms with E-state index < -0.39 is 0 Å². The number of hydrogen-bond acceptors (Lipinski definition) is 3. The third kappa shape index (κ3) is 6.67. The molecule has 1 saturated carbocycles. The van der Waals surface area contributed by atoms with Crippen molar-refractivity contribution in [3.05, 3.63) is 0 Å². The summed E-state index contributed by atoms with van der Waals surface area (Å²) in [6.45, 7) is 6.32. The Balaban J connectivity index is 2.00. The maximum atomic E-state index is 11.3. The molecule has 1 fully saturated rings. The molecule has 2 atom stereocenters. The minimum absolute atomic E-state index is 0.109. The molecule has 3 nitrogen and oxygen atoms in total. The molecule has 17 heavy (non-hydrogen) atoms. The van der Waals surface area contributed by atoms with Gasteiger partial charge in [0.05, 0.1) is 13.2 Å². The normalized spacial score (nSPS) is 24.6. The van der Waals surface area contributed by atoms with E-state index in [0.717, 1.165) is 31.2 Å². The molecule has 0 aromatic heterocycles. The van der Waals surface area contributed by atoms with Gasteiger partial charge in [-0.2, -0.15) is 0 Å². The van der Waals surface area contributed by atoms with Crippen molar-refractivity contribution < 1.29 is 9.53 Å². The molecular formula is C14H27NO2. The van der Waals surface area contributed by atoms with E-state index in [-0.39, 0.29) is 5.97 Å². The van der Waals surface area contributed by atoms with Crippen molar-refractivity contribution in [2.24, 2.45) is 11.8 Å². The maximum Gasteiger partial charge on any atom is 0.319 e. The molecule has 1 aliphatic rings. The highest BCUT2D eigenvalue weighted by molar-refractivity contribution is 5.71. The summed E-state index contributed by atoms with van der Waals surface area (Å²) in [6, 6.07) is 0. The van der Waals surface area contributed by atoms with E-state index in [4.69, 9.17) is 4.74 Å². The summed E-state index contributed by atoms with van der Waals surface area (Å²) in [4.78, 5) is 11.3. The average molecular weight is 241 g/mol. The predicted molar refractivity (Wildman–Crippen MR) is 69.9 cm³/mol. The third-order valence-corrected chi connectivity index (χ3v) is 3.51. The van der Waals surface area contributed by atoms with Crippen molar-refractivity contribution in [2.75, 3.05) is 19.7 Å². The van der Waals surface area contributed by atoms with Crippen molar-refractivity contribution in [3.63, 3.8) is 0 Å². The molecule has 0 saturated heterocycles. The van der Waals surface area contributed by atoms with Crippen molar-refractivity contribution in [1.82, 2.24) is 5.32 Å². The predicted octanol–water partition coefficient (Wildman–Crippen LogP) is 2.75. The van der Waals surface area contributed by atoms with Crippen LogP contribution in [0, 0.1) is 11.8 Å². The van der Waals surface area contributed by atoms with E-state index in [1.54, 1.807) is 0 Å². The Morgan fingerprint density at radius 3 is 2.94 bits per heavy atom. The second-order valence-electron chi connectivity index (χ2n) is 5.34. The molecule has 1 N–H and O–H groups in total. The fraction of sp³-hybridized carbons (Fsp3) is 0.929. The van der Waals surface area contributed by atoms with Gasteiger partial charge in [0.15, 0.2) is 0 Å². The Bertz CT molecular complexity index is 218. The summed E-state index contributed by atoms with van der Waals surface area (Å²) < 4.78 is 5.09. The van der Waals surface area contributed by atoms with E-state index in [1.807, 2.05) is 0 Å². The van der Waals surface area contributed by atoms with Crippen LogP contribution in [0.1, 0.15) is 52.4 Å². The lowest BCUT2D eigenvalue weighted by atomic mass is 9.82. The number of hydrogen-bond donors (Lipinski definition) is 1. The minimum Gasteiger partial charge on any atom is -0.465 e. The Hall–Kier alpha value is -0.570. The zero-order valence-corrected chi connectivity index (χ0v) is 11.3. The van der Waals surface area contributed by atoms with Gasteiger partial charge in [0.1, 0.15) is 0 Å². The van der Waals surface area contributed by atoms with Crippen LogP contribution in [0.25, 0.3) is 0 Å². The molecule has 0 aromatic carbocycles. The first-order chi connectivity index (χ1) is 8.22. The minimum atomic E-state index is -0.109. The van der Waals surface area contributed by atoms with Crippen LogP contribution < -0.4 is 5.32 Å². The smallest absolute Gasteiger partial charge is 0.319 e. The van der Waals surface area contributed by atoms with Crippen LogP contribution in [-0.4, -0.2) is 25.7 Å². The number of carbonyl (C=O) groups excluding carboxylic acids is 1. The molecule has 0 radical (unpaired) electrons. The van der Waals surface area contributed by atoms with Crippen molar-refractivity contribution >= 4 is 5.97 Å². The zero-order valence-electron chi connectivity index (χ0n) is 11.3. The Morgan fingerprint density at radius 1 is 1.41 bits per heavy atom. The number of nitrogens with one attached hydrogen (secondary N) is 1. The Morgan fingerprint density at radius 2 is 2.24 bits per heavy atom. The summed E-state index contributed by atoms with van der Waals surface area (Å²) >= 11 is 0. The lowest BCUT2D eigenvalue weighted by molar-refractivity contribution is -0.142. The molecule has 2 unspecified atom stereocenters. The first-order valence-corrected chi connectivity index (χ1v) is 7.08. The lowest BCUT2D eigenvalue weighted by Gasteiger charge is -2.26. The quantitative estimate of drug-likeness (QED) is 0.550. The van der Waals surface area contributed by atoms with Crippen LogP contribution in [0.3, 0.4) is 0 Å². The van der Waals surface area contributed by atoms with Crippen LogP contribution in [-0.2, 0) is 9.53 Å². The Kier molecular flexibility index (Phi) is 7.25. The summed E-state index contributed by atoms with van der Waals surface area (Å²) in [6.07, 6.45) is 7.36. The highest BCUT2D eigenvalue weighted by Crippen LogP contribution is 2.27. The molecule has 1 rings (SSSR count). The molecule has 0 heterocycles. The molecule has 0 bridgehead atoms. The van der Waals surface area contributed by atoms with E-state index in [1.165, 1.54) is 25.7 Å². The average Bonchev–Trinajstić information content (AvgIpc) is 2.29. The highest BCUT2D eigenvalue weighted by Gasteiger charge is 2.18. The van der Waals surface area contributed by atoms with Crippen molar-refractivity contribution in [2.45, 2.75) is 52.4 Å². The van der Waals surface area contributed by atoms with Gasteiger partial charge in [0.2, 0.25) is 0 Å². The van der Waals surface area contributed by atoms with Crippen LogP contribution >= 0.6 is 0 Å². The van der Waals surface area contributed by atoms with E-state index in [2.05, 4.69) is 19.2 Å². The Labute approximate surface area is 105 Å². The molecule has 100 valence electrons. The molecule has 1 aliphatic carbocycles. The first-order valence-electron chi connectivity index (χ1n) is 7.08. The standard InChI is InChI=1S/C14H27NO2/c1-3-4-8-17-14(16)11-15-10-13-7-5-6-12(2)9-13/h12-13,15H,3-11H2,1-2H3. The van der Waals surface area contributed by atoms with Crippen LogP contribution in [0.15, 0.2) is 0 Å². The maximum absolute atomic E-state index is 11.3. The number of ether oxygens (including phenoxy) is 1. The van der Waals surface area contributed by atoms with Gasteiger partial charge in [-0.15, -0.1) is 0 Å². The molecule has 0 aliphatic heterocycles. The molecule has 0 aromatic rings. The first kappa shape index (κ1) is 14.5. The number of carbonyl (C=O) groups is 1. The number of esters is 1. The van der Waals surface area contributed by atoms with E-state index in [9.17, 15) is 4.79 Å². The van der Waals surface area contributed by atoms with Gasteiger partial charge in [-0.1, -0.05) is 33.1 Å². The monoisotopic (exact) mass is 241 g/mol. The molecule has 0 amide bonds. The second-order valence-corrected chi connectivity index (χ2v) is 5.34.